The third kappa shape index (κ3) is 5.72. The number of hydrogen-bond acceptors (Lipinski definition) is 0. The van der Waals surface area contributed by atoms with Gasteiger partial charge < -0.3 is 15.9 Å². The summed E-state index contributed by atoms with van der Waals surface area (Å²) in [4.78, 5) is 2.86. The molecule has 8 heavy (non-hydrogen) atoms. The molecule has 0 aliphatic carbocycles. The minimum absolute atomic E-state index is 0. The molecular formula is C4H5MnNO2-4. The predicted molar refractivity (Wildman–Crippen MR) is 22.2 cm³/mol. The van der Waals surface area contributed by atoms with Gasteiger partial charge >= 0.3 is 0 Å². The van der Waals surface area contributed by atoms with Gasteiger partial charge in [-0.2, -0.15) is 0 Å². The maximum Gasteiger partial charge on any atom is 0.000496 e. The summed E-state index contributed by atoms with van der Waals surface area (Å²) in [6.45, 7) is 0. The summed E-state index contributed by atoms with van der Waals surface area (Å²) in [5.41, 5.74) is 0. The van der Waals surface area contributed by atoms with E-state index < -0.39 is 0 Å². The molecule has 0 unspecified atom stereocenters. The van der Waals surface area contributed by atoms with Crippen LogP contribution in [0.25, 0.3) is 0 Å². The summed E-state index contributed by atoms with van der Waals surface area (Å²) < 4.78 is 0. The molecule has 0 saturated carbocycles. The van der Waals surface area contributed by atoms with Gasteiger partial charge in [-0.3, -0.25) is 0 Å². The minimum atomic E-state index is 0. The van der Waals surface area contributed by atoms with E-state index in [1.165, 1.54) is 0 Å². The summed E-state index contributed by atoms with van der Waals surface area (Å²) in [7, 11) is 0. The Hall–Kier alpha value is -0.281. The van der Waals surface area contributed by atoms with E-state index in [1.807, 2.05) is 24.5 Å². The molecule has 0 fully saturated rings. The molecule has 0 aromatic carbocycles. The molecule has 0 aliphatic rings. The molecule has 3 nitrogen and oxygen atoms in total. The molecule has 0 bridgehead atoms. The third-order valence-corrected chi connectivity index (χ3v) is 0.496. The van der Waals surface area contributed by atoms with Crippen LogP contribution >= 0.6 is 0 Å². The molecule has 1 heterocycles. The van der Waals surface area contributed by atoms with Crippen molar-refractivity contribution in [2.75, 3.05) is 0 Å². The second-order valence-corrected chi connectivity index (χ2v) is 0.885. The molecule has 1 aromatic heterocycles. The van der Waals surface area contributed by atoms with Crippen LogP contribution in [0.1, 0.15) is 0 Å². The van der Waals surface area contributed by atoms with E-state index in [9.17, 15) is 0 Å². The molecule has 1 radical (unpaired) electrons. The largest absolute Gasteiger partial charge is 2.00 e. The van der Waals surface area contributed by atoms with E-state index in [4.69, 9.17) is 0 Å². The van der Waals surface area contributed by atoms with Crippen molar-refractivity contribution in [1.82, 2.24) is 4.98 Å². The van der Waals surface area contributed by atoms with Crippen molar-refractivity contribution in [2.24, 2.45) is 0 Å². The van der Waals surface area contributed by atoms with E-state index in [1.54, 1.807) is 0 Å². The summed E-state index contributed by atoms with van der Waals surface area (Å²) in [6, 6.07) is 3.89. The number of nitrogens with one attached hydrogen (secondary N) is 1. The topological polar surface area (TPSA) is 72.8 Å². The van der Waals surface area contributed by atoms with E-state index >= 15 is 0 Å². The summed E-state index contributed by atoms with van der Waals surface area (Å²) in [5.74, 6) is 0. The fourth-order valence-corrected chi connectivity index (χ4v) is 0.278. The van der Waals surface area contributed by atoms with Crippen LogP contribution in [0.4, 0.5) is 0 Å². The standard InChI is InChI=1S/C4H5N.Mn.2O/c1-2-4-5-3-1;;;/h1-5H;;;/q;;2*-2. The fraction of sp³-hybridized carbons (Fsp3) is 0. The van der Waals surface area contributed by atoms with Crippen molar-refractivity contribution < 1.29 is 28.0 Å². The molecule has 1 N–H and O–H groups in total. The second-order valence-electron chi connectivity index (χ2n) is 0.885. The van der Waals surface area contributed by atoms with Crippen LogP contribution in [0.3, 0.4) is 0 Å². The summed E-state index contributed by atoms with van der Waals surface area (Å²) >= 11 is 0. The summed E-state index contributed by atoms with van der Waals surface area (Å²) in [6.07, 6.45) is 3.75. The Morgan fingerprint density at radius 1 is 0.875 bits per heavy atom. The van der Waals surface area contributed by atoms with Crippen LogP contribution in [0.2, 0.25) is 0 Å². The van der Waals surface area contributed by atoms with Crippen LogP contribution in [0.15, 0.2) is 24.5 Å². The molecule has 1 rings (SSSR count). The van der Waals surface area contributed by atoms with Crippen molar-refractivity contribution in [3.8, 4) is 0 Å². The first-order valence-electron chi connectivity index (χ1n) is 1.58. The fourth-order valence-electron chi connectivity index (χ4n) is 0.278. The zero-order chi connectivity index (χ0) is 3.54. The number of rotatable bonds is 0. The van der Waals surface area contributed by atoms with Gasteiger partial charge in [0.25, 0.3) is 0 Å². The quantitative estimate of drug-likeness (QED) is 0.536. The Kier molecular flexibility index (Phi) is 19.3. The van der Waals surface area contributed by atoms with Gasteiger partial charge in [0.05, 0.1) is 0 Å². The Labute approximate surface area is 58.2 Å². The Morgan fingerprint density at radius 2 is 1.25 bits per heavy atom. The first-order chi connectivity index (χ1) is 2.50. The molecular weight excluding hydrogens is 149 g/mol. The van der Waals surface area contributed by atoms with E-state index in [-0.39, 0.29) is 28.0 Å². The van der Waals surface area contributed by atoms with Crippen LogP contribution < -0.4 is 0 Å². The maximum atomic E-state index is 2.86. The Morgan fingerprint density at radius 3 is 1.38 bits per heavy atom. The van der Waals surface area contributed by atoms with E-state index in [0.717, 1.165) is 0 Å². The second kappa shape index (κ2) is 9.87. The Bertz CT molecular complexity index is 70.5. The van der Waals surface area contributed by atoms with Gasteiger partial charge in [0.1, 0.15) is 0 Å². The Balaban J connectivity index is -0.0000000833. The smallest absolute Gasteiger partial charge is 0.000496 e. The average Bonchev–Trinajstić information content (AvgIpc) is 1.76. The molecule has 0 aliphatic heterocycles. The van der Waals surface area contributed by atoms with Gasteiger partial charge in [-0.25, -0.2) is 0 Å². The zero-order valence-corrected chi connectivity index (χ0v) is 5.18. The molecule has 0 amide bonds. The normalized spacial score (nSPS) is 5.00. The average molecular weight is 154 g/mol. The molecule has 49 valence electrons. The van der Waals surface area contributed by atoms with Gasteiger partial charge in [0.15, 0.2) is 0 Å². The zero-order valence-electron chi connectivity index (χ0n) is 4.00. The van der Waals surface area contributed by atoms with Crippen LogP contribution in [-0.4, -0.2) is 4.98 Å². The first kappa shape index (κ1) is 15.6. The number of aromatic nitrogens is 1. The van der Waals surface area contributed by atoms with Gasteiger partial charge in [0, 0.05) is 29.5 Å². The predicted octanol–water partition coefficient (Wildman–Crippen LogP) is 0.775. The SMILES string of the molecule is [Mn].[O-2].[O-2].c1cc[nH]c1. The minimum Gasteiger partial charge on any atom is -2.00 e. The van der Waals surface area contributed by atoms with Crippen molar-refractivity contribution >= 4 is 0 Å². The van der Waals surface area contributed by atoms with Crippen molar-refractivity contribution in [3.05, 3.63) is 24.5 Å². The van der Waals surface area contributed by atoms with E-state index in [2.05, 4.69) is 4.98 Å². The van der Waals surface area contributed by atoms with Crippen molar-refractivity contribution in [3.63, 3.8) is 0 Å². The van der Waals surface area contributed by atoms with Gasteiger partial charge in [-0.05, 0) is 12.1 Å². The van der Waals surface area contributed by atoms with Crippen LogP contribution in [0.5, 0.6) is 0 Å². The molecule has 0 spiro atoms. The molecule has 0 saturated heterocycles. The number of H-pyrrole nitrogens is 1. The monoisotopic (exact) mass is 154 g/mol. The van der Waals surface area contributed by atoms with Crippen LogP contribution in [-0.2, 0) is 28.0 Å². The third-order valence-electron chi connectivity index (χ3n) is 0.496. The molecule has 0 atom stereocenters. The molecule has 4 heteroatoms. The first-order valence-corrected chi connectivity index (χ1v) is 1.58. The van der Waals surface area contributed by atoms with Gasteiger partial charge in [0.2, 0.25) is 0 Å². The van der Waals surface area contributed by atoms with Crippen LogP contribution in [0, 0.1) is 0 Å². The van der Waals surface area contributed by atoms with E-state index in [0.29, 0.717) is 0 Å². The summed E-state index contributed by atoms with van der Waals surface area (Å²) in [5, 5.41) is 0. The maximum absolute atomic E-state index is 2.86. The number of aromatic amines is 1. The number of hydrogen-bond donors (Lipinski definition) is 1. The van der Waals surface area contributed by atoms with Crippen molar-refractivity contribution in [1.29, 1.82) is 0 Å². The van der Waals surface area contributed by atoms with Gasteiger partial charge in [-0.15, -0.1) is 0 Å². The van der Waals surface area contributed by atoms with Crippen molar-refractivity contribution in [2.45, 2.75) is 0 Å². The molecule has 1 aromatic rings. The van der Waals surface area contributed by atoms with Gasteiger partial charge in [-0.1, -0.05) is 0 Å².